The fourth-order valence-electron chi connectivity index (χ4n) is 1.71. The Morgan fingerprint density at radius 1 is 1.28 bits per heavy atom. The third-order valence-corrected chi connectivity index (χ3v) is 3.89. The van der Waals surface area contributed by atoms with E-state index in [1.54, 1.807) is 7.11 Å². The highest BCUT2D eigenvalue weighted by molar-refractivity contribution is 6.42. The monoisotopic (exact) mass is 289 g/mol. The van der Waals surface area contributed by atoms with E-state index in [0.717, 1.165) is 24.8 Å². The van der Waals surface area contributed by atoms with Gasteiger partial charge in [0, 0.05) is 13.2 Å². The van der Waals surface area contributed by atoms with Crippen molar-refractivity contribution < 1.29 is 4.74 Å². The van der Waals surface area contributed by atoms with Crippen LogP contribution in [0.3, 0.4) is 0 Å². The second-order valence-electron chi connectivity index (χ2n) is 5.22. The van der Waals surface area contributed by atoms with E-state index in [1.165, 1.54) is 0 Å². The van der Waals surface area contributed by atoms with Crippen molar-refractivity contribution in [3.05, 3.63) is 33.8 Å². The van der Waals surface area contributed by atoms with Gasteiger partial charge < -0.3 is 10.5 Å². The quantitative estimate of drug-likeness (QED) is 0.857. The van der Waals surface area contributed by atoms with Crippen LogP contribution in [0.4, 0.5) is 0 Å². The predicted octanol–water partition coefficient (Wildman–Crippen LogP) is 4.07. The maximum atomic E-state index is 6.12. The molecule has 0 aromatic heterocycles. The molecule has 0 bridgehead atoms. The molecule has 0 saturated carbocycles. The summed E-state index contributed by atoms with van der Waals surface area (Å²) in [6.07, 6.45) is 2.66. The van der Waals surface area contributed by atoms with Gasteiger partial charge in [0.05, 0.1) is 15.6 Å². The zero-order chi connectivity index (χ0) is 13.8. The van der Waals surface area contributed by atoms with Crippen LogP contribution in [0.15, 0.2) is 18.2 Å². The van der Waals surface area contributed by atoms with Crippen LogP contribution in [-0.4, -0.2) is 18.8 Å². The maximum Gasteiger partial charge on any atom is 0.0623 e. The van der Waals surface area contributed by atoms with Gasteiger partial charge in [-0.2, -0.15) is 0 Å². The molecule has 4 heteroatoms. The molecule has 0 heterocycles. The smallest absolute Gasteiger partial charge is 0.0623 e. The molecule has 1 rings (SSSR count). The Kier molecular flexibility index (Phi) is 5.93. The molecule has 0 radical (unpaired) electrons. The van der Waals surface area contributed by atoms with Crippen LogP contribution in [0.1, 0.15) is 32.3 Å². The van der Waals surface area contributed by atoms with Crippen LogP contribution >= 0.6 is 23.2 Å². The van der Waals surface area contributed by atoms with Gasteiger partial charge in [0.25, 0.3) is 0 Å². The van der Waals surface area contributed by atoms with E-state index in [1.807, 2.05) is 18.2 Å². The van der Waals surface area contributed by atoms with Gasteiger partial charge in [-0.3, -0.25) is 0 Å². The highest BCUT2D eigenvalue weighted by Crippen LogP contribution is 2.24. The molecule has 0 aliphatic heterocycles. The van der Waals surface area contributed by atoms with Gasteiger partial charge in [-0.1, -0.05) is 29.3 Å². The lowest BCUT2D eigenvalue weighted by atomic mass is 9.96. The molecular formula is C14H21Cl2NO. The number of ether oxygens (including phenoxy) is 1. The number of hydrogen-bond acceptors (Lipinski definition) is 2. The van der Waals surface area contributed by atoms with Crippen molar-refractivity contribution in [1.29, 1.82) is 0 Å². The molecule has 1 atom stereocenters. The molecule has 18 heavy (non-hydrogen) atoms. The SMILES string of the molecule is COC(C)(C)CCC(N)Cc1ccc(Cl)c(Cl)c1. The van der Waals surface area contributed by atoms with Crippen molar-refractivity contribution in [3.63, 3.8) is 0 Å². The summed E-state index contributed by atoms with van der Waals surface area (Å²) in [5, 5.41) is 1.16. The molecule has 0 aliphatic rings. The summed E-state index contributed by atoms with van der Waals surface area (Å²) in [6, 6.07) is 5.77. The molecule has 1 aromatic carbocycles. The zero-order valence-corrected chi connectivity index (χ0v) is 12.7. The van der Waals surface area contributed by atoms with Crippen molar-refractivity contribution in [2.45, 2.75) is 44.8 Å². The minimum absolute atomic E-state index is 0.108. The van der Waals surface area contributed by atoms with Crippen LogP contribution in [0.5, 0.6) is 0 Å². The average molecular weight is 290 g/mol. The van der Waals surface area contributed by atoms with Crippen molar-refractivity contribution in [2.24, 2.45) is 5.73 Å². The Bertz CT molecular complexity index is 393. The summed E-state index contributed by atoms with van der Waals surface area (Å²) < 4.78 is 5.38. The summed E-state index contributed by atoms with van der Waals surface area (Å²) >= 11 is 11.9. The fourth-order valence-corrected chi connectivity index (χ4v) is 2.03. The minimum atomic E-state index is -0.116. The van der Waals surface area contributed by atoms with Crippen LogP contribution in [0, 0.1) is 0 Å². The minimum Gasteiger partial charge on any atom is -0.379 e. The number of methoxy groups -OCH3 is 1. The standard InChI is InChI=1S/C14H21Cl2NO/c1-14(2,18-3)7-6-11(17)8-10-4-5-12(15)13(16)9-10/h4-5,9,11H,6-8,17H2,1-3H3. The molecule has 0 aliphatic carbocycles. The zero-order valence-electron chi connectivity index (χ0n) is 11.2. The Labute approximate surface area is 119 Å². The number of nitrogens with two attached hydrogens (primary N) is 1. The third-order valence-electron chi connectivity index (χ3n) is 3.15. The molecular weight excluding hydrogens is 269 g/mol. The van der Waals surface area contributed by atoms with Crippen molar-refractivity contribution in [1.82, 2.24) is 0 Å². The van der Waals surface area contributed by atoms with Crippen molar-refractivity contribution >= 4 is 23.2 Å². The molecule has 0 saturated heterocycles. The molecule has 1 unspecified atom stereocenters. The van der Waals surface area contributed by atoms with Gasteiger partial charge in [0.1, 0.15) is 0 Å². The second-order valence-corrected chi connectivity index (χ2v) is 6.03. The lowest BCUT2D eigenvalue weighted by molar-refractivity contribution is 0.0125. The topological polar surface area (TPSA) is 35.2 Å². The predicted molar refractivity (Wildman–Crippen MR) is 78.5 cm³/mol. The van der Waals surface area contributed by atoms with E-state index >= 15 is 0 Å². The highest BCUT2D eigenvalue weighted by atomic mass is 35.5. The molecule has 2 nitrogen and oxygen atoms in total. The van der Waals surface area contributed by atoms with Gasteiger partial charge in [0.15, 0.2) is 0 Å². The Hall–Kier alpha value is -0.280. The van der Waals surface area contributed by atoms with E-state index in [2.05, 4.69) is 13.8 Å². The highest BCUT2D eigenvalue weighted by Gasteiger charge is 2.17. The van der Waals surface area contributed by atoms with E-state index in [4.69, 9.17) is 33.7 Å². The Morgan fingerprint density at radius 2 is 1.94 bits per heavy atom. The van der Waals surface area contributed by atoms with Gasteiger partial charge in [-0.05, 0) is 50.8 Å². The lowest BCUT2D eigenvalue weighted by Crippen LogP contribution is -2.29. The normalized spacial score (nSPS) is 13.7. The lowest BCUT2D eigenvalue weighted by Gasteiger charge is -2.24. The van der Waals surface area contributed by atoms with Crippen LogP contribution in [-0.2, 0) is 11.2 Å². The molecule has 102 valence electrons. The molecule has 2 N–H and O–H groups in total. The third kappa shape index (κ3) is 5.15. The number of hydrogen-bond donors (Lipinski definition) is 1. The first kappa shape index (κ1) is 15.8. The van der Waals surface area contributed by atoms with Crippen LogP contribution in [0.25, 0.3) is 0 Å². The van der Waals surface area contributed by atoms with Gasteiger partial charge in [-0.15, -0.1) is 0 Å². The summed E-state index contributed by atoms with van der Waals surface area (Å²) in [5.41, 5.74) is 7.13. The number of halogens is 2. The first-order valence-corrected chi connectivity index (χ1v) is 6.84. The summed E-state index contributed by atoms with van der Waals surface area (Å²) in [5.74, 6) is 0. The first-order chi connectivity index (χ1) is 8.34. The van der Waals surface area contributed by atoms with Crippen molar-refractivity contribution in [2.75, 3.05) is 7.11 Å². The van der Waals surface area contributed by atoms with E-state index in [0.29, 0.717) is 10.0 Å². The van der Waals surface area contributed by atoms with E-state index in [9.17, 15) is 0 Å². The summed E-state index contributed by atoms with van der Waals surface area (Å²) in [6.45, 7) is 4.14. The molecule has 0 fully saturated rings. The summed E-state index contributed by atoms with van der Waals surface area (Å²) in [4.78, 5) is 0. The average Bonchev–Trinajstić information content (AvgIpc) is 2.32. The largest absolute Gasteiger partial charge is 0.379 e. The van der Waals surface area contributed by atoms with E-state index in [-0.39, 0.29) is 11.6 Å². The van der Waals surface area contributed by atoms with Gasteiger partial charge in [-0.25, -0.2) is 0 Å². The number of rotatable bonds is 6. The number of benzene rings is 1. The van der Waals surface area contributed by atoms with Crippen LogP contribution < -0.4 is 5.73 Å². The van der Waals surface area contributed by atoms with Gasteiger partial charge in [0.2, 0.25) is 0 Å². The van der Waals surface area contributed by atoms with E-state index < -0.39 is 0 Å². The molecule has 0 amide bonds. The van der Waals surface area contributed by atoms with Gasteiger partial charge >= 0.3 is 0 Å². The maximum absolute atomic E-state index is 6.12. The molecule has 1 aromatic rings. The Morgan fingerprint density at radius 3 is 2.50 bits per heavy atom. The first-order valence-electron chi connectivity index (χ1n) is 6.09. The summed E-state index contributed by atoms with van der Waals surface area (Å²) in [7, 11) is 1.73. The Balaban J connectivity index is 2.49. The van der Waals surface area contributed by atoms with Crippen molar-refractivity contribution in [3.8, 4) is 0 Å². The molecule has 0 spiro atoms. The fraction of sp³-hybridized carbons (Fsp3) is 0.571. The second kappa shape index (κ2) is 6.76. The van der Waals surface area contributed by atoms with Crippen LogP contribution in [0.2, 0.25) is 10.0 Å².